The van der Waals surface area contributed by atoms with E-state index in [9.17, 15) is 0 Å². The fourth-order valence-corrected chi connectivity index (χ4v) is 1.18. The first-order valence-electron chi connectivity index (χ1n) is 4.67. The highest BCUT2D eigenvalue weighted by molar-refractivity contribution is 5.25. The van der Waals surface area contributed by atoms with E-state index >= 15 is 0 Å². The molecule has 1 nitrogen and oxygen atoms in total. The summed E-state index contributed by atoms with van der Waals surface area (Å²) in [5, 5.41) is 0. The van der Waals surface area contributed by atoms with Crippen LogP contribution >= 0.6 is 0 Å². The van der Waals surface area contributed by atoms with Gasteiger partial charge in [-0.25, -0.2) is 0 Å². The molecule has 0 unspecified atom stereocenters. The molecule has 0 radical (unpaired) electrons. The highest BCUT2D eigenvalue weighted by Crippen LogP contribution is 2.36. The highest BCUT2D eigenvalue weighted by atomic mass is 19.0. The third-order valence-corrected chi connectivity index (χ3v) is 3.14. The lowest BCUT2D eigenvalue weighted by Crippen LogP contribution is -2.43. The maximum absolute atomic E-state index is 4.18. The molecule has 0 bridgehead atoms. The van der Waals surface area contributed by atoms with Gasteiger partial charge in [0, 0.05) is 11.0 Å². The highest BCUT2D eigenvalue weighted by Gasteiger charge is 2.32. The average molecular weight is 201 g/mol. The second-order valence-electron chi connectivity index (χ2n) is 4.86. The predicted octanol–water partition coefficient (Wildman–Crippen LogP) is 3.25. The zero-order valence-electron chi connectivity index (χ0n) is 10.3. The fourth-order valence-electron chi connectivity index (χ4n) is 1.18. The van der Waals surface area contributed by atoms with Gasteiger partial charge in [-0.15, -0.1) is 6.58 Å². The summed E-state index contributed by atoms with van der Waals surface area (Å²) in [5.41, 5.74) is 1.20. The second kappa shape index (κ2) is 4.74. The zero-order chi connectivity index (χ0) is 10.9. The van der Waals surface area contributed by atoms with E-state index in [2.05, 4.69) is 59.8 Å². The smallest absolute Gasteiger partial charge is 0.0363 e. The van der Waals surface area contributed by atoms with Gasteiger partial charge in [-0.2, -0.15) is 0 Å². The summed E-state index contributed by atoms with van der Waals surface area (Å²) in [6, 6.07) is 0. The van der Waals surface area contributed by atoms with Gasteiger partial charge in [-0.1, -0.05) is 26.5 Å². The third kappa shape index (κ3) is 2.95. The topological polar surface area (TPSA) is 3.24 Å². The van der Waals surface area contributed by atoms with Crippen LogP contribution in [0.3, 0.4) is 0 Å². The van der Waals surface area contributed by atoms with Crippen LogP contribution in [0.2, 0.25) is 0 Å². The molecule has 0 saturated carbocycles. The lowest BCUT2D eigenvalue weighted by molar-refractivity contribution is 0.212. The standard InChI is InChI=1S/C12H23N.FH/c1-9-11(3,4)10(2)12(5,6)13(7)8;/h9H,1-2H2,3-8H3;1H. The van der Waals surface area contributed by atoms with Crippen molar-refractivity contribution in [3.8, 4) is 0 Å². The Morgan fingerprint density at radius 2 is 1.50 bits per heavy atom. The summed E-state index contributed by atoms with van der Waals surface area (Å²) in [7, 11) is 4.15. The quantitative estimate of drug-likeness (QED) is 0.631. The molecule has 0 aliphatic carbocycles. The van der Waals surface area contributed by atoms with E-state index in [0.29, 0.717) is 0 Å². The van der Waals surface area contributed by atoms with E-state index < -0.39 is 0 Å². The molecule has 0 aromatic rings. The summed E-state index contributed by atoms with van der Waals surface area (Å²) >= 11 is 0. The van der Waals surface area contributed by atoms with Gasteiger partial charge in [0.05, 0.1) is 0 Å². The van der Waals surface area contributed by atoms with Crippen LogP contribution in [0, 0.1) is 5.41 Å². The molecule has 84 valence electrons. The van der Waals surface area contributed by atoms with Gasteiger partial charge in [0.2, 0.25) is 0 Å². The minimum atomic E-state index is -0.00618. The number of likely N-dealkylation sites (N-methyl/N-ethyl adjacent to an activating group) is 1. The van der Waals surface area contributed by atoms with E-state index in [1.807, 2.05) is 6.08 Å². The van der Waals surface area contributed by atoms with Crippen LogP contribution in [0.5, 0.6) is 0 Å². The van der Waals surface area contributed by atoms with Crippen molar-refractivity contribution in [2.75, 3.05) is 14.1 Å². The Morgan fingerprint density at radius 3 is 1.71 bits per heavy atom. The number of rotatable bonds is 4. The lowest BCUT2D eigenvalue weighted by Gasteiger charge is -2.41. The van der Waals surface area contributed by atoms with Crippen molar-refractivity contribution in [2.24, 2.45) is 5.41 Å². The van der Waals surface area contributed by atoms with E-state index in [-0.39, 0.29) is 15.7 Å². The van der Waals surface area contributed by atoms with Gasteiger partial charge in [-0.3, -0.25) is 4.70 Å². The molecule has 0 aromatic carbocycles. The molecule has 0 aromatic heterocycles. The molecule has 0 atom stereocenters. The van der Waals surface area contributed by atoms with Gasteiger partial charge in [0.1, 0.15) is 0 Å². The Labute approximate surface area is 87.9 Å². The molecular weight excluding hydrogens is 177 g/mol. The Morgan fingerprint density at radius 1 is 1.14 bits per heavy atom. The Hall–Kier alpha value is -0.630. The normalized spacial score (nSPS) is 12.2. The molecule has 14 heavy (non-hydrogen) atoms. The molecule has 0 spiro atoms. The molecule has 0 fully saturated rings. The average Bonchev–Trinajstić information content (AvgIpc) is 2.02. The van der Waals surface area contributed by atoms with Crippen LogP contribution in [-0.2, 0) is 0 Å². The third-order valence-electron chi connectivity index (χ3n) is 3.14. The molecule has 2 heteroatoms. The number of nitrogens with zero attached hydrogens (tertiary/aromatic N) is 1. The predicted molar refractivity (Wildman–Crippen MR) is 63.4 cm³/mol. The molecule has 0 saturated heterocycles. The van der Waals surface area contributed by atoms with E-state index in [4.69, 9.17) is 0 Å². The molecule has 0 rings (SSSR count). The minimum Gasteiger partial charge on any atom is -0.301 e. The molecule has 0 amide bonds. The van der Waals surface area contributed by atoms with Gasteiger partial charge in [0.15, 0.2) is 0 Å². The van der Waals surface area contributed by atoms with E-state index in [1.54, 1.807) is 0 Å². The van der Waals surface area contributed by atoms with Crippen molar-refractivity contribution < 1.29 is 4.70 Å². The minimum absolute atomic E-state index is 0. The van der Waals surface area contributed by atoms with Gasteiger partial charge < -0.3 is 4.90 Å². The first-order valence-corrected chi connectivity index (χ1v) is 4.67. The largest absolute Gasteiger partial charge is 0.301 e. The van der Waals surface area contributed by atoms with Crippen LogP contribution in [0.4, 0.5) is 4.70 Å². The van der Waals surface area contributed by atoms with E-state index in [1.165, 1.54) is 5.57 Å². The molecule has 0 N–H and O–H groups in total. The van der Waals surface area contributed by atoms with Crippen LogP contribution in [0.25, 0.3) is 0 Å². The van der Waals surface area contributed by atoms with Crippen molar-refractivity contribution in [3.05, 3.63) is 24.8 Å². The monoisotopic (exact) mass is 201 g/mol. The Kier molecular flexibility index (Phi) is 5.36. The first-order chi connectivity index (χ1) is 5.66. The number of halogens is 1. The summed E-state index contributed by atoms with van der Waals surface area (Å²) < 4.78 is 0. The SMILES string of the molecule is C=CC(C)(C)C(=C)C(C)(C)N(C)C.F. The van der Waals surface area contributed by atoms with Crippen molar-refractivity contribution in [1.29, 1.82) is 0 Å². The Bertz CT molecular complexity index is 214. The van der Waals surface area contributed by atoms with Crippen LogP contribution in [0.1, 0.15) is 27.7 Å². The van der Waals surface area contributed by atoms with Gasteiger partial charge in [-0.05, 0) is 33.5 Å². The number of allylic oxidation sites excluding steroid dienone is 1. The van der Waals surface area contributed by atoms with Crippen molar-refractivity contribution in [1.82, 2.24) is 4.90 Å². The summed E-state index contributed by atoms with van der Waals surface area (Å²) in [5.74, 6) is 0. The lowest BCUT2D eigenvalue weighted by atomic mass is 9.75. The van der Waals surface area contributed by atoms with Crippen molar-refractivity contribution in [2.45, 2.75) is 33.2 Å². The molecule has 0 aliphatic rings. The zero-order valence-corrected chi connectivity index (χ0v) is 10.3. The molecule has 0 aliphatic heterocycles. The van der Waals surface area contributed by atoms with Crippen molar-refractivity contribution >= 4 is 0 Å². The maximum Gasteiger partial charge on any atom is 0.0363 e. The van der Waals surface area contributed by atoms with Gasteiger partial charge in [0.25, 0.3) is 0 Å². The van der Waals surface area contributed by atoms with Crippen LogP contribution in [0.15, 0.2) is 24.8 Å². The van der Waals surface area contributed by atoms with Crippen molar-refractivity contribution in [3.63, 3.8) is 0 Å². The number of hydrogen-bond donors (Lipinski definition) is 0. The van der Waals surface area contributed by atoms with Crippen LogP contribution < -0.4 is 0 Å². The molecular formula is C12H24FN. The molecule has 0 heterocycles. The summed E-state index contributed by atoms with van der Waals surface area (Å²) in [6.07, 6.45) is 1.96. The number of hydrogen-bond acceptors (Lipinski definition) is 1. The van der Waals surface area contributed by atoms with Crippen LogP contribution in [-0.4, -0.2) is 24.5 Å². The summed E-state index contributed by atoms with van der Waals surface area (Å²) in [4.78, 5) is 2.18. The van der Waals surface area contributed by atoms with E-state index in [0.717, 1.165) is 0 Å². The first kappa shape index (κ1) is 15.8. The maximum atomic E-state index is 4.18. The second-order valence-corrected chi connectivity index (χ2v) is 4.86. The van der Waals surface area contributed by atoms with Gasteiger partial charge >= 0.3 is 0 Å². The Balaban J connectivity index is 0. The fraction of sp³-hybridized carbons (Fsp3) is 0.667. The summed E-state index contributed by atoms with van der Waals surface area (Å²) in [6.45, 7) is 16.7.